The fraction of sp³-hybridized carbons (Fsp3) is 1.00. The highest BCUT2D eigenvalue weighted by Gasteiger charge is 2.50. The van der Waals surface area contributed by atoms with E-state index in [-0.39, 0.29) is 0 Å². The van der Waals surface area contributed by atoms with Crippen molar-refractivity contribution in [2.24, 2.45) is 10.3 Å². The Balaban J connectivity index is 3.48. The topological polar surface area (TPSA) is 15.6 Å². The molecule has 0 spiro atoms. The van der Waals surface area contributed by atoms with E-state index >= 15 is 0 Å². The first kappa shape index (κ1) is 22.2. The third-order valence-electron chi connectivity index (χ3n) is 4.57. The van der Waals surface area contributed by atoms with Crippen molar-refractivity contribution in [1.82, 2.24) is 4.67 Å². The van der Waals surface area contributed by atoms with Gasteiger partial charge in [-0.1, -0.05) is 57.4 Å². The molecule has 0 saturated carbocycles. The van der Waals surface area contributed by atoms with E-state index in [9.17, 15) is 0 Å². The smallest absolute Gasteiger partial charge is 0.173 e. The van der Waals surface area contributed by atoms with Gasteiger partial charge in [-0.3, -0.25) is 4.67 Å². The highest BCUT2D eigenvalue weighted by molar-refractivity contribution is 7.93. The van der Waals surface area contributed by atoms with Crippen LogP contribution in [0.3, 0.4) is 0 Å². The molecule has 1 fully saturated rings. The van der Waals surface area contributed by atoms with Gasteiger partial charge in [0, 0.05) is 18.0 Å². The van der Waals surface area contributed by atoms with Gasteiger partial charge >= 0.3 is 0 Å². The maximum atomic E-state index is 7.66. The molecule has 1 unspecified atom stereocenters. The van der Waals surface area contributed by atoms with Crippen molar-refractivity contribution in [3.8, 4) is 0 Å². The van der Waals surface area contributed by atoms with E-state index in [0.29, 0.717) is 4.91 Å². The Hall–Kier alpha value is 1.13. The number of nitrogens with zero attached hydrogens (tertiary/aromatic N) is 2. The largest absolute Gasteiger partial charge is 0.312 e. The molecule has 138 valence electrons. The first-order chi connectivity index (χ1) is 10.1. The molecule has 7 heteroatoms. The lowest BCUT2D eigenvalue weighted by atomic mass is 10.0. The monoisotopic (exact) mass is 410 g/mol. The van der Waals surface area contributed by atoms with Gasteiger partial charge in [0.2, 0.25) is 0 Å². The standard InChI is InChI=1S/C16H40ClN2PSi3/c1-15-11-13-19(14-12-15)20(17,18-23(8,9)10)16(21(2,3)4)22(5,6)7/h15-16H,11-14H2,1-10H3. The van der Waals surface area contributed by atoms with Gasteiger partial charge in [0.15, 0.2) is 8.24 Å². The molecule has 0 bridgehead atoms. The molecule has 0 radical (unpaired) electrons. The second-order valence-corrected chi connectivity index (χ2v) is 31.6. The summed E-state index contributed by atoms with van der Waals surface area (Å²) in [5.41, 5.74) is 0. The lowest BCUT2D eigenvalue weighted by molar-refractivity contribution is 0.300. The van der Waals surface area contributed by atoms with Crippen LogP contribution < -0.4 is 0 Å². The summed E-state index contributed by atoms with van der Waals surface area (Å²) in [4.78, 5) is 0.685. The van der Waals surface area contributed by atoms with E-state index in [4.69, 9.17) is 15.7 Å². The Kier molecular flexibility index (Phi) is 7.13. The van der Waals surface area contributed by atoms with E-state index in [1.54, 1.807) is 0 Å². The predicted octanol–water partition coefficient (Wildman–Crippen LogP) is 6.95. The molecular weight excluding hydrogens is 371 g/mol. The van der Waals surface area contributed by atoms with Gasteiger partial charge in [-0.15, -0.1) is 0 Å². The minimum absolute atomic E-state index is 0.685. The molecule has 2 nitrogen and oxygen atoms in total. The first-order valence-electron chi connectivity index (χ1n) is 9.15. The molecule has 0 aromatic rings. The lowest BCUT2D eigenvalue weighted by Gasteiger charge is -2.50. The summed E-state index contributed by atoms with van der Waals surface area (Å²) in [6.45, 7) is 25.0. The third-order valence-corrected chi connectivity index (χ3v) is 28.1. The summed E-state index contributed by atoms with van der Waals surface area (Å²) in [5, 5.41) is 0. The van der Waals surface area contributed by atoms with Crippen LogP contribution in [0.15, 0.2) is 4.41 Å². The molecule has 1 heterocycles. The molecule has 0 N–H and O–H groups in total. The molecule has 1 rings (SSSR count). The van der Waals surface area contributed by atoms with Gasteiger partial charge in [-0.25, -0.2) is 0 Å². The molecule has 0 aliphatic carbocycles. The minimum Gasteiger partial charge on any atom is -0.312 e. The highest BCUT2D eigenvalue weighted by atomic mass is 35.7. The zero-order valence-corrected chi connectivity index (χ0v) is 21.9. The second kappa shape index (κ2) is 7.40. The van der Waals surface area contributed by atoms with Crippen molar-refractivity contribution in [3.63, 3.8) is 0 Å². The van der Waals surface area contributed by atoms with Crippen LogP contribution in [0.4, 0.5) is 0 Å². The molecule has 0 aromatic carbocycles. The maximum absolute atomic E-state index is 7.66. The van der Waals surface area contributed by atoms with Crippen LogP contribution >= 0.6 is 17.8 Å². The second-order valence-electron chi connectivity index (χ2n) is 10.6. The van der Waals surface area contributed by atoms with Crippen molar-refractivity contribution in [2.75, 3.05) is 13.1 Å². The lowest BCUT2D eigenvalue weighted by Crippen LogP contribution is -2.55. The summed E-state index contributed by atoms with van der Waals surface area (Å²) in [6.07, 6.45) is 2.58. The van der Waals surface area contributed by atoms with Gasteiger partial charge < -0.3 is 4.41 Å². The van der Waals surface area contributed by atoms with E-state index in [0.717, 1.165) is 19.0 Å². The quantitative estimate of drug-likeness (QED) is 0.353. The summed E-state index contributed by atoms with van der Waals surface area (Å²) >= 11 is 7.66. The molecule has 23 heavy (non-hydrogen) atoms. The van der Waals surface area contributed by atoms with Gasteiger partial charge in [0.25, 0.3) is 0 Å². The zero-order valence-electron chi connectivity index (χ0n) is 17.2. The van der Waals surface area contributed by atoms with E-state index < -0.39 is 30.9 Å². The normalized spacial score (nSPS) is 22.3. The van der Waals surface area contributed by atoms with Crippen molar-refractivity contribution < 1.29 is 0 Å². The SMILES string of the molecule is CC1CCN(P(Cl)(=N[Si](C)(C)C)C([Si](C)(C)C)[Si](C)(C)C)CC1. The predicted molar refractivity (Wildman–Crippen MR) is 119 cm³/mol. The number of hydrogen-bond donors (Lipinski definition) is 0. The van der Waals surface area contributed by atoms with Crippen molar-refractivity contribution in [3.05, 3.63) is 0 Å². The fourth-order valence-electron chi connectivity index (χ4n) is 4.27. The van der Waals surface area contributed by atoms with E-state index in [1.807, 2.05) is 0 Å². The molecule has 0 aromatic heterocycles. The molecule has 0 amide bonds. The van der Waals surface area contributed by atoms with E-state index in [1.165, 1.54) is 12.8 Å². The Morgan fingerprint density at radius 2 is 1.30 bits per heavy atom. The first-order valence-corrected chi connectivity index (χ1v) is 22.4. The molecule has 1 aliphatic rings. The van der Waals surface area contributed by atoms with Crippen molar-refractivity contribution in [2.45, 2.75) is 83.6 Å². The number of rotatable bonds is 5. The summed E-state index contributed by atoms with van der Waals surface area (Å²) in [7, 11) is -4.35. The van der Waals surface area contributed by atoms with Gasteiger partial charge in [-0.2, -0.15) is 0 Å². The van der Waals surface area contributed by atoms with Gasteiger partial charge in [0.05, 0.1) is 16.1 Å². The minimum atomic E-state index is -1.93. The molecule has 1 saturated heterocycles. The van der Waals surface area contributed by atoms with Crippen molar-refractivity contribution >= 4 is 42.2 Å². The Bertz CT molecular complexity index is 441. The van der Waals surface area contributed by atoms with Crippen LogP contribution in [0.25, 0.3) is 0 Å². The third kappa shape index (κ3) is 6.10. The van der Waals surface area contributed by atoms with E-state index in [2.05, 4.69) is 70.5 Å². The molecular formula is C16H40ClN2PSi3. The Morgan fingerprint density at radius 1 is 0.913 bits per heavy atom. The van der Waals surface area contributed by atoms with Crippen LogP contribution in [0.5, 0.6) is 0 Å². The summed E-state index contributed by atoms with van der Waals surface area (Å²) < 4.78 is 8.21. The van der Waals surface area contributed by atoms with Crippen LogP contribution in [0, 0.1) is 5.92 Å². The number of halogens is 1. The average molecular weight is 411 g/mol. The van der Waals surface area contributed by atoms with Crippen LogP contribution in [-0.4, -0.2) is 47.0 Å². The number of piperidine rings is 1. The Morgan fingerprint density at radius 3 is 1.61 bits per heavy atom. The van der Waals surface area contributed by atoms with Gasteiger partial charge in [-0.05, 0) is 38.4 Å². The van der Waals surface area contributed by atoms with Crippen LogP contribution in [-0.2, 0) is 0 Å². The van der Waals surface area contributed by atoms with Gasteiger partial charge in [0.1, 0.15) is 6.56 Å². The Labute approximate surface area is 153 Å². The molecule has 1 atom stereocenters. The summed E-state index contributed by atoms with van der Waals surface area (Å²) in [5.74, 6) is 0.848. The average Bonchev–Trinajstić information content (AvgIpc) is 2.22. The van der Waals surface area contributed by atoms with Crippen LogP contribution in [0.1, 0.15) is 19.8 Å². The highest BCUT2D eigenvalue weighted by Crippen LogP contribution is 2.68. The maximum Gasteiger partial charge on any atom is 0.173 e. The van der Waals surface area contributed by atoms with Crippen LogP contribution in [0.2, 0.25) is 58.9 Å². The number of hydrogen-bond acceptors (Lipinski definition) is 1. The van der Waals surface area contributed by atoms with Crippen molar-refractivity contribution in [1.29, 1.82) is 0 Å². The zero-order chi connectivity index (χ0) is 18.3. The summed E-state index contributed by atoms with van der Waals surface area (Å²) in [6, 6.07) is 0. The molecule has 1 aliphatic heterocycles. The fourth-order valence-corrected chi connectivity index (χ4v) is 37.8.